The van der Waals surface area contributed by atoms with Gasteiger partial charge < -0.3 is 5.73 Å². The molecule has 1 fully saturated rings. The zero-order valence-electron chi connectivity index (χ0n) is 11.5. The summed E-state index contributed by atoms with van der Waals surface area (Å²) in [5, 5.41) is 0. The standard InChI is InChI=1S/C14H15F6N.ClH/c15-13(16,17)9-5-6-11(14(18,19)20)10(7-9)12(21)8-3-1-2-4-8;/h5-8,12H,1-4,21H2;1H/t12-;/m0./s1. The first-order chi connectivity index (χ1) is 9.60. The van der Waals surface area contributed by atoms with Crippen LogP contribution < -0.4 is 5.73 Å². The van der Waals surface area contributed by atoms with E-state index in [1.807, 2.05) is 0 Å². The fourth-order valence-corrected chi connectivity index (χ4v) is 2.84. The van der Waals surface area contributed by atoms with Crippen LogP contribution in [0.4, 0.5) is 26.3 Å². The van der Waals surface area contributed by atoms with Crippen LogP contribution >= 0.6 is 12.4 Å². The van der Waals surface area contributed by atoms with Crippen molar-refractivity contribution in [3.05, 3.63) is 34.9 Å². The van der Waals surface area contributed by atoms with Gasteiger partial charge in [-0.25, -0.2) is 0 Å². The molecule has 1 nitrogen and oxygen atoms in total. The van der Waals surface area contributed by atoms with Crippen molar-refractivity contribution in [2.45, 2.75) is 44.1 Å². The highest BCUT2D eigenvalue weighted by molar-refractivity contribution is 5.85. The Bertz CT molecular complexity index is 505. The molecule has 0 spiro atoms. The lowest BCUT2D eigenvalue weighted by atomic mass is 9.88. The zero-order valence-corrected chi connectivity index (χ0v) is 12.3. The summed E-state index contributed by atoms with van der Waals surface area (Å²) in [5.41, 5.74) is 3.22. The van der Waals surface area contributed by atoms with Crippen LogP contribution in [-0.4, -0.2) is 0 Å². The second-order valence-corrected chi connectivity index (χ2v) is 5.37. The Morgan fingerprint density at radius 3 is 1.95 bits per heavy atom. The van der Waals surface area contributed by atoms with Crippen molar-refractivity contribution >= 4 is 12.4 Å². The molecule has 126 valence electrons. The Hall–Kier alpha value is -0.950. The van der Waals surface area contributed by atoms with Crippen LogP contribution in [-0.2, 0) is 12.4 Å². The summed E-state index contributed by atoms with van der Waals surface area (Å²) in [6.07, 6.45) is -6.41. The first-order valence-electron chi connectivity index (χ1n) is 6.64. The van der Waals surface area contributed by atoms with Gasteiger partial charge in [0.2, 0.25) is 0 Å². The monoisotopic (exact) mass is 347 g/mol. The summed E-state index contributed by atoms with van der Waals surface area (Å²) in [6, 6.07) is 0.457. The maximum atomic E-state index is 13.0. The van der Waals surface area contributed by atoms with Crippen molar-refractivity contribution in [2.75, 3.05) is 0 Å². The third-order valence-electron chi connectivity index (χ3n) is 3.95. The third-order valence-corrected chi connectivity index (χ3v) is 3.95. The Balaban J connectivity index is 0.00000242. The van der Waals surface area contributed by atoms with Crippen LogP contribution in [0.1, 0.15) is 48.4 Å². The zero-order chi connectivity index (χ0) is 15.8. The lowest BCUT2D eigenvalue weighted by molar-refractivity contribution is -0.142. The van der Waals surface area contributed by atoms with Gasteiger partial charge in [-0.1, -0.05) is 12.8 Å². The van der Waals surface area contributed by atoms with Crippen LogP contribution in [0.15, 0.2) is 18.2 Å². The summed E-state index contributed by atoms with van der Waals surface area (Å²) in [4.78, 5) is 0. The fourth-order valence-electron chi connectivity index (χ4n) is 2.84. The summed E-state index contributed by atoms with van der Waals surface area (Å²) in [6.45, 7) is 0. The van der Waals surface area contributed by atoms with E-state index >= 15 is 0 Å². The van der Waals surface area contributed by atoms with E-state index in [0.29, 0.717) is 31.0 Å². The minimum Gasteiger partial charge on any atom is -0.324 e. The second kappa shape index (κ2) is 6.66. The molecule has 1 aromatic carbocycles. The molecule has 0 saturated heterocycles. The van der Waals surface area contributed by atoms with Gasteiger partial charge in [0.15, 0.2) is 0 Å². The molecule has 1 atom stereocenters. The van der Waals surface area contributed by atoms with Gasteiger partial charge >= 0.3 is 12.4 Å². The molecule has 0 unspecified atom stereocenters. The number of nitrogens with two attached hydrogens (primary N) is 1. The third kappa shape index (κ3) is 4.07. The molecule has 2 rings (SSSR count). The van der Waals surface area contributed by atoms with Crippen molar-refractivity contribution in [3.63, 3.8) is 0 Å². The molecule has 1 aromatic rings. The quantitative estimate of drug-likeness (QED) is 0.718. The van der Waals surface area contributed by atoms with Crippen LogP contribution in [0.5, 0.6) is 0 Å². The number of benzene rings is 1. The van der Waals surface area contributed by atoms with E-state index in [-0.39, 0.29) is 18.3 Å². The molecule has 22 heavy (non-hydrogen) atoms. The van der Waals surface area contributed by atoms with Crippen molar-refractivity contribution in [2.24, 2.45) is 11.7 Å². The van der Waals surface area contributed by atoms with Crippen molar-refractivity contribution in [3.8, 4) is 0 Å². The number of alkyl halides is 6. The van der Waals surface area contributed by atoms with Crippen molar-refractivity contribution < 1.29 is 26.3 Å². The van der Waals surface area contributed by atoms with E-state index < -0.39 is 35.1 Å². The summed E-state index contributed by atoms with van der Waals surface area (Å²) < 4.78 is 77.1. The molecule has 1 aliphatic rings. The number of rotatable bonds is 2. The predicted molar refractivity (Wildman–Crippen MR) is 72.6 cm³/mol. The van der Waals surface area contributed by atoms with Crippen molar-refractivity contribution in [1.82, 2.24) is 0 Å². The van der Waals surface area contributed by atoms with Gasteiger partial charge in [-0.15, -0.1) is 12.4 Å². The largest absolute Gasteiger partial charge is 0.416 e. The van der Waals surface area contributed by atoms with E-state index in [0.717, 1.165) is 12.8 Å². The first-order valence-corrected chi connectivity index (χ1v) is 6.64. The minimum atomic E-state index is -4.71. The van der Waals surface area contributed by atoms with Gasteiger partial charge in [0.05, 0.1) is 11.1 Å². The van der Waals surface area contributed by atoms with E-state index in [4.69, 9.17) is 5.73 Å². The average Bonchev–Trinajstić information content (AvgIpc) is 2.88. The molecule has 1 aliphatic carbocycles. The maximum Gasteiger partial charge on any atom is 0.416 e. The Morgan fingerprint density at radius 2 is 1.50 bits per heavy atom. The molecular formula is C14H16ClF6N. The molecule has 1 saturated carbocycles. The molecule has 0 aliphatic heterocycles. The lowest BCUT2D eigenvalue weighted by Crippen LogP contribution is -2.24. The van der Waals surface area contributed by atoms with E-state index in [9.17, 15) is 26.3 Å². The van der Waals surface area contributed by atoms with Gasteiger partial charge in [0.1, 0.15) is 0 Å². The molecular weight excluding hydrogens is 332 g/mol. The normalized spacial score (nSPS) is 18.1. The molecule has 0 bridgehead atoms. The molecule has 0 radical (unpaired) electrons. The smallest absolute Gasteiger partial charge is 0.324 e. The predicted octanol–water partition coefficient (Wildman–Crippen LogP) is 5.34. The summed E-state index contributed by atoms with van der Waals surface area (Å²) in [5.74, 6) is -0.199. The average molecular weight is 348 g/mol. The summed E-state index contributed by atoms with van der Waals surface area (Å²) >= 11 is 0. The second-order valence-electron chi connectivity index (χ2n) is 5.37. The van der Waals surface area contributed by atoms with Crippen molar-refractivity contribution in [1.29, 1.82) is 0 Å². The number of halogens is 7. The van der Waals surface area contributed by atoms with E-state index in [2.05, 4.69) is 0 Å². The molecule has 0 amide bonds. The molecule has 0 heterocycles. The summed E-state index contributed by atoms with van der Waals surface area (Å²) in [7, 11) is 0. The molecule has 0 aromatic heterocycles. The van der Waals surface area contributed by atoms with Gasteiger partial charge in [-0.05, 0) is 42.5 Å². The number of hydrogen-bond donors (Lipinski definition) is 1. The van der Waals surface area contributed by atoms with E-state index in [1.165, 1.54) is 0 Å². The molecule has 2 N–H and O–H groups in total. The lowest BCUT2D eigenvalue weighted by Gasteiger charge is -2.24. The Kier molecular flexibility index (Phi) is 5.78. The highest BCUT2D eigenvalue weighted by Crippen LogP contribution is 2.42. The fraction of sp³-hybridized carbons (Fsp3) is 0.571. The maximum absolute atomic E-state index is 13.0. The van der Waals surface area contributed by atoms with Gasteiger partial charge in [0.25, 0.3) is 0 Å². The highest BCUT2D eigenvalue weighted by Gasteiger charge is 2.39. The highest BCUT2D eigenvalue weighted by atomic mass is 35.5. The van der Waals surface area contributed by atoms with Crippen LogP contribution in [0.3, 0.4) is 0 Å². The van der Waals surface area contributed by atoms with Gasteiger partial charge in [0, 0.05) is 6.04 Å². The Morgan fingerprint density at radius 1 is 0.955 bits per heavy atom. The van der Waals surface area contributed by atoms with Gasteiger partial charge in [-0.3, -0.25) is 0 Å². The van der Waals surface area contributed by atoms with Crippen LogP contribution in [0, 0.1) is 5.92 Å². The molecule has 8 heteroatoms. The van der Waals surface area contributed by atoms with Crippen LogP contribution in [0.25, 0.3) is 0 Å². The van der Waals surface area contributed by atoms with Crippen LogP contribution in [0.2, 0.25) is 0 Å². The van der Waals surface area contributed by atoms with Gasteiger partial charge in [-0.2, -0.15) is 26.3 Å². The first kappa shape index (κ1) is 19.1. The Labute approximate surface area is 130 Å². The SMILES string of the molecule is Cl.N[C@H](c1cc(C(F)(F)F)ccc1C(F)(F)F)C1CCCC1. The number of hydrogen-bond acceptors (Lipinski definition) is 1. The minimum absolute atomic E-state index is 0. The van der Waals surface area contributed by atoms with E-state index in [1.54, 1.807) is 0 Å². The topological polar surface area (TPSA) is 26.0 Å².